The zero-order chi connectivity index (χ0) is 11.4. The number of hydrogen-bond acceptors (Lipinski definition) is 4. The van der Waals surface area contributed by atoms with Gasteiger partial charge in [-0.25, -0.2) is 4.98 Å². The maximum atomic E-state index is 10.5. The maximum absolute atomic E-state index is 10.5. The number of aliphatic hydroxyl groups is 1. The summed E-state index contributed by atoms with van der Waals surface area (Å²) in [6, 6.07) is 0. The first kappa shape index (κ1) is 11.5. The van der Waals surface area contributed by atoms with Crippen molar-refractivity contribution >= 4 is 0 Å². The highest BCUT2D eigenvalue weighted by atomic mass is 16.3. The Bertz CT molecular complexity index is 328. The average Bonchev–Trinajstić information content (AvgIpc) is 2.59. The predicted octanol–water partition coefficient (Wildman–Crippen LogP) is 0.345. The fraction of sp³-hybridized carbons (Fsp3) is 0.818. The second kappa shape index (κ2) is 4.93. The van der Waals surface area contributed by atoms with E-state index in [1.807, 2.05) is 11.6 Å². The fourth-order valence-corrected chi connectivity index (χ4v) is 2.27. The number of hydrogen-bond donors (Lipinski definition) is 2. The van der Waals surface area contributed by atoms with Crippen molar-refractivity contribution in [3.63, 3.8) is 0 Å². The summed E-state index contributed by atoms with van der Waals surface area (Å²) in [7, 11) is 0. The number of aryl methyl sites for hydroxylation is 1. The van der Waals surface area contributed by atoms with Crippen molar-refractivity contribution < 1.29 is 5.11 Å². The van der Waals surface area contributed by atoms with Gasteiger partial charge in [0.15, 0.2) is 0 Å². The van der Waals surface area contributed by atoms with E-state index in [1.54, 1.807) is 6.33 Å². The van der Waals surface area contributed by atoms with Crippen molar-refractivity contribution in [1.29, 1.82) is 0 Å². The summed E-state index contributed by atoms with van der Waals surface area (Å²) in [6.45, 7) is 4.74. The predicted molar refractivity (Wildman–Crippen MR) is 61.1 cm³/mol. The first-order chi connectivity index (χ1) is 7.73. The highest BCUT2D eigenvalue weighted by molar-refractivity contribution is 4.95. The molecule has 0 spiro atoms. The van der Waals surface area contributed by atoms with Crippen LogP contribution < -0.4 is 5.32 Å². The van der Waals surface area contributed by atoms with E-state index < -0.39 is 5.60 Å². The number of rotatable bonds is 3. The minimum atomic E-state index is -0.608. The van der Waals surface area contributed by atoms with Crippen LogP contribution in [0.15, 0.2) is 6.33 Å². The smallest absolute Gasteiger partial charge is 0.138 e. The average molecular weight is 224 g/mol. The van der Waals surface area contributed by atoms with Crippen LogP contribution in [0.2, 0.25) is 0 Å². The molecule has 1 aromatic rings. The molecule has 16 heavy (non-hydrogen) atoms. The van der Waals surface area contributed by atoms with Gasteiger partial charge in [-0.15, -0.1) is 0 Å². The highest BCUT2D eigenvalue weighted by Gasteiger charge is 2.29. The Morgan fingerprint density at radius 1 is 1.50 bits per heavy atom. The summed E-state index contributed by atoms with van der Waals surface area (Å²) in [6.07, 6.45) is 4.84. The molecule has 5 nitrogen and oxygen atoms in total. The van der Waals surface area contributed by atoms with Crippen molar-refractivity contribution in [3.05, 3.63) is 12.2 Å². The quantitative estimate of drug-likeness (QED) is 0.777. The van der Waals surface area contributed by atoms with Gasteiger partial charge in [0.05, 0.1) is 5.60 Å². The molecule has 0 bridgehead atoms. The van der Waals surface area contributed by atoms with Gasteiger partial charge in [-0.05, 0) is 39.3 Å². The van der Waals surface area contributed by atoms with Gasteiger partial charge in [0.1, 0.15) is 12.2 Å². The lowest BCUT2D eigenvalue weighted by Gasteiger charge is -2.25. The zero-order valence-corrected chi connectivity index (χ0v) is 9.82. The van der Waals surface area contributed by atoms with Gasteiger partial charge in [0.2, 0.25) is 0 Å². The Morgan fingerprint density at radius 2 is 2.38 bits per heavy atom. The van der Waals surface area contributed by atoms with Crippen LogP contribution in [-0.2, 0) is 13.0 Å². The molecule has 1 atom stereocenters. The molecule has 2 rings (SSSR count). The van der Waals surface area contributed by atoms with Crippen LogP contribution in [-0.4, -0.2) is 38.6 Å². The van der Waals surface area contributed by atoms with E-state index in [2.05, 4.69) is 15.4 Å². The maximum Gasteiger partial charge on any atom is 0.138 e. The summed E-state index contributed by atoms with van der Waals surface area (Å²) >= 11 is 0. The third-order valence-electron chi connectivity index (χ3n) is 3.25. The van der Waals surface area contributed by atoms with E-state index in [4.69, 9.17) is 0 Å². The molecule has 1 unspecified atom stereocenters. The molecular formula is C11H20N4O. The van der Waals surface area contributed by atoms with Gasteiger partial charge >= 0.3 is 0 Å². The van der Waals surface area contributed by atoms with Gasteiger partial charge < -0.3 is 10.4 Å². The summed E-state index contributed by atoms with van der Waals surface area (Å²) in [4.78, 5) is 4.23. The van der Waals surface area contributed by atoms with Crippen LogP contribution in [0.1, 0.15) is 32.0 Å². The molecule has 0 aromatic carbocycles. The van der Waals surface area contributed by atoms with E-state index in [1.165, 1.54) is 0 Å². The Labute approximate surface area is 95.9 Å². The zero-order valence-electron chi connectivity index (χ0n) is 9.82. The van der Waals surface area contributed by atoms with E-state index in [0.717, 1.165) is 44.7 Å². The molecule has 1 fully saturated rings. The Hall–Kier alpha value is -0.940. The SMILES string of the molecule is CCn1ncnc1CC1(O)CCCNCC1. The second-order valence-corrected chi connectivity index (χ2v) is 4.50. The van der Waals surface area contributed by atoms with Crippen molar-refractivity contribution in [1.82, 2.24) is 20.1 Å². The molecule has 0 aliphatic carbocycles. The summed E-state index contributed by atoms with van der Waals surface area (Å²) in [5.74, 6) is 0.895. The van der Waals surface area contributed by atoms with Crippen molar-refractivity contribution in [2.24, 2.45) is 0 Å². The van der Waals surface area contributed by atoms with Crippen molar-refractivity contribution in [3.8, 4) is 0 Å². The lowest BCUT2D eigenvalue weighted by molar-refractivity contribution is 0.0256. The lowest BCUT2D eigenvalue weighted by Crippen LogP contribution is -2.33. The number of nitrogens with zero attached hydrogens (tertiary/aromatic N) is 3. The van der Waals surface area contributed by atoms with Crippen molar-refractivity contribution in [2.45, 2.75) is 44.8 Å². The topological polar surface area (TPSA) is 63.0 Å². The number of nitrogens with one attached hydrogen (secondary N) is 1. The van der Waals surface area contributed by atoms with Crippen LogP contribution in [0.4, 0.5) is 0 Å². The molecule has 0 amide bonds. The molecular weight excluding hydrogens is 204 g/mol. The lowest BCUT2D eigenvalue weighted by atomic mass is 9.91. The van der Waals surface area contributed by atoms with E-state index >= 15 is 0 Å². The number of aromatic nitrogens is 3. The Morgan fingerprint density at radius 3 is 3.19 bits per heavy atom. The molecule has 1 aliphatic heterocycles. The van der Waals surface area contributed by atoms with Gasteiger partial charge in [-0.1, -0.05) is 0 Å². The Balaban J connectivity index is 2.06. The molecule has 0 radical (unpaired) electrons. The second-order valence-electron chi connectivity index (χ2n) is 4.50. The summed E-state index contributed by atoms with van der Waals surface area (Å²) in [5, 5.41) is 18.0. The molecule has 2 heterocycles. The minimum Gasteiger partial charge on any atom is -0.389 e. The standard InChI is InChI=1S/C11H20N4O/c1-2-15-10(13-9-14-15)8-11(16)4-3-6-12-7-5-11/h9,12,16H,2-8H2,1H3. The summed E-state index contributed by atoms with van der Waals surface area (Å²) < 4.78 is 1.86. The molecule has 1 aromatic heterocycles. The van der Waals surface area contributed by atoms with Crippen molar-refractivity contribution in [2.75, 3.05) is 13.1 Å². The fourth-order valence-electron chi connectivity index (χ4n) is 2.27. The molecule has 5 heteroatoms. The van der Waals surface area contributed by atoms with Gasteiger partial charge in [0, 0.05) is 13.0 Å². The first-order valence-corrected chi connectivity index (χ1v) is 6.03. The third-order valence-corrected chi connectivity index (χ3v) is 3.25. The van der Waals surface area contributed by atoms with Crippen LogP contribution in [0.3, 0.4) is 0 Å². The molecule has 1 saturated heterocycles. The summed E-state index contributed by atoms with van der Waals surface area (Å²) in [5.41, 5.74) is -0.608. The normalized spacial score (nSPS) is 26.6. The monoisotopic (exact) mass is 224 g/mol. The molecule has 0 saturated carbocycles. The first-order valence-electron chi connectivity index (χ1n) is 6.03. The molecule has 2 N–H and O–H groups in total. The van der Waals surface area contributed by atoms with Crippen LogP contribution >= 0.6 is 0 Å². The van der Waals surface area contributed by atoms with E-state index in [9.17, 15) is 5.11 Å². The van der Waals surface area contributed by atoms with Gasteiger partial charge in [-0.2, -0.15) is 5.10 Å². The Kier molecular flexibility index (Phi) is 3.56. The highest BCUT2D eigenvalue weighted by Crippen LogP contribution is 2.23. The van der Waals surface area contributed by atoms with E-state index in [-0.39, 0.29) is 0 Å². The van der Waals surface area contributed by atoms with Gasteiger partial charge in [-0.3, -0.25) is 4.68 Å². The largest absolute Gasteiger partial charge is 0.389 e. The van der Waals surface area contributed by atoms with Gasteiger partial charge in [0.25, 0.3) is 0 Å². The molecule has 90 valence electrons. The molecule has 1 aliphatic rings. The minimum absolute atomic E-state index is 0.608. The van der Waals surface area contributed by atoms with Crippen LogP contribution in [0.5, 0.6) is 0 Å². The van der Waals surface area contributed by atoms with Crippen LogP contribution in [0, 0.1) is 0 Å². The van der Waals surface area contributed by atoms with Crippen LogP contribution in [0.25, 0.3) is 0 Å². The van der Waals surface area contributed by atoms with E-state index in [0.29, 0.717) is 6.42 Å². The third kappa shape index (κ3) is 2.59.